The van der Waals surface area contributed by atoms with Crippen molar-refractivity contribution in [2.24, 2.45) is 5.92 Å². The van der Waals surface area contributed by atoms with E-state index in [1.54, 1.807) is 6.92 Å². The number of carbonyl (C=O) groups excluding carboxylic acids is 1. The molecule has 0 aromatic heterocycles. The van der Waals surface area contributed by atoms with Crippen LogP contribution >= 0.6 is 0 Å². The lowest BCUT2D eigenvalue weighted by atomic mass is 10.2. The first-order chi connectivity index (χ1) is 8.13. The molecule has 0 radical (unpaired) electrons. The number of hydrogen-bond donors (Lipinski definition) is 0. The number of nitrogens with zero attached hydrogens (tertiary/aromatic N) is 1. The minimum atomic E-state index is -0.269. The fourth-order valence-corrected chi connectivity index (χ4v) is 1.87. The predicted octanol–water partition coefficient (Wildman–Crippen LogP) is 1.69. The Labute approximate surface area is 104 Å². The molecule has 17 heavy (non-hydrogen) atoms. The molecule has 0 heterocycles. The van der Waals surface area contributed by atoms with E-state index in [0.29, 0.717) is 19.1 Å². The zero-order chi connectivity index (χ0) is 12.7. The first-order valence-corrected chi connectivity index (χ1v) is 6.61. The predicted molar refractivity (Wildman–Crippen MR) is 66.9 cm³/mol. The van der Waals surface area contributed by atoms with Crippen LogP contribution in [0, 0.1) is 5.92 Å². The van der Waals surface area contributed by atoms with Gasteiger partial charge in [-0.1, -0.05) is 13.8 Å². The van der Waals surface area contributed by atoms with Crippen molar-refractivity contribution in [1.29, 1.82) is 0 Å². The van der Waals surface area contributed by atoms with Crippen molar-refractivity contribution in [2.45, 2.75) is 39.7 Å². The summed E-state index contributed by atoms with van der Waals surface area (Å²) in [7, 11) is 0. The molecular weight excluding hydrogens is 218 g/mol. The minimum absolute atomic E-state index is 0.0774. The maximum atomic E-state index is 11.1. The van der Waals surface area contributed by atoms with Crippen molar-refractivity contribution in [3.05, 3.63) is 0 Å². The molecule has 0 bridgehead atoms. The summed E-state index contributed by atoms with van der Waals surface area (Å²) in [4.78, 5) is 13.5. The van der Waals surface area contributed by atoms with E-state index in [4.69, 9.17) is 9.47 Å². The average molecular weight is 243 g/mol. The molecule has 1 aliphatic carbocycles. The molecule has 0 spiro atoms. The number of rotatable bonds is 9. The van der Waals surface area contributed by atoms with Crippen LogP contribution in [0.2, 0.25) is 0 Å². The summed E-state index contributed by atoms with van der Waals surface area (Å²) in [6.45, 7) is 9.41. The van der Waals surface area contributed by atoms with Gasteiger partial charge in [-0.3, -0.25) is 4.90 Å². The van der Waals surface area contributed by atoms with E-state index >= 15 is 0 Å². The van der Waals surface area contributed by atoms with Gasteiger partial charge in [0.2, 0.25) is 0 Å². The molecule has 100 valence electrons. The lowest BCUT2D eigenvalue weighted by Crippen LogP contribution is -2.33. The second kappa shape index (κ2) is 7.67. The minimum Gasteiger partial charge on any atom is -0.464 e. The zero-order valence-electron chi connectivity index (χ0n) is 11.3. The Morgan fingerprint density at radius 1 is 1.41 bits per heavy atom. The Morgan fingerprint density at radius 2 is 2.12 bits per heavy atom. The highest BCUT2D eigenvalue weighted by atomic mass is 16.6. The smallest absolute Gasteiger partial charge is 0.332 e. The number of carbonyl (C=O) groups is 1. The fraction of sp³-hybridized carbons (Fsp3) is 0.923. The molecule has 1 rings (SSSR count). The van der Waals surface area contributed by atoms with Gasteiger partial charge in [0.15, 0.2) is 0 Å². The number of esters is 1. The Hall–Kier alpha value is -0.610. The van der Waals surface area contributed by atoms with Crippen molar-refractivity contribution in [2.75, 3.05) is 32.9 Å². The van der Waals surface area contributed by atoms with Gasteiger partial charge in [-0.2, -0.15) is 0 Å². The molecule has 0 aromatic rings. The normalized spacial score (nSPS) is 15.6. The Balaban J connectivity index is 2.08. The van der Waals surface area contributed by atoms with E-state index in [1.807, 2.05) is 0 Å². The third-order valence-electron chi connectivity index (χ3n) is 2.71. The fourth-order valence-electron chi connectivity index (χ4n) is 1.87. The molecule has 0 saturated heterocycles. The summed E-state index contributed by atoms with van der Waals surface area (Å²) in [5.74, 6) is 0.412. The molecule has 0 aliphatic heterocycles. The van der Waals surface area contributed by atoms with Crippen molar-refractivity contribution in [3.8, 4) is 0 Å². The Bertz CT molecular complexity index is 227. The van der Waals surface area contributed by atoms with Crippen LogP contribution in [-0.2, 0) is 14.3 Å². The molecule has 1 saturated carbocycles. The van der Waals surface area contributed by atoms with Crippen LogP contribution in [0.4, 0.5) is 0 Å². The van der Waals surface area contributed by atoms with Gasteiger partial charge in [-0.25, -0.2) is 4.79 Å². The maximum Gasteiger partial charge on any atom is 0.332 e. The van der Waals surface area contributed by atoms with Gasteiger partial charge in [0.05, 0.1) is 13.2 Å². The second-order valence-electron chi connectivity index (χ2n) is 4.98. The van der Waals surface area contributed by atoms with Gasteiger partial charge in [-0.15, -0.1) is 0 Å². The van der Waals surface area contributed by atoms with Crippen molar-refractivity contribution >= 4 is 5.97 Å². The van der Waals surface area contributed by atoms with Gasteiger partial charge in [0.25, 0.3) is 0 Å². The maximum absolute atomic E-state index is 11.1. The molecule has 4 nitrogen and oxygen atoms in total. The summed E-state index contributed by atoms with van der Waals surface area (Å²) in [6, 6.07) is 0.753. The van der Waals surface area contributed by atoms with Crippen molar-refractivity contribution < 1.29 is 14.3 Å². The van der Waals surface area contributed by atoms with Crippen molar-refractivity contribution in [1.82, 2.24) is 4.90 Å². The highest BCUT2D eigenvalue weighted by molar-refractivity contribution is 5.70. The first-order valence-electron chi connectivity index (χ1n) is 6.61. The largest absolute Gasteiger partial charge is 0.464 e. The average Bonchev–Trinajstić information content (AvgIpc) is 3.06. The molecule has 1 fully saturated rings. The van der Waals surface area contributed by atoms with Crippen LogP contribution in [0.15, 0.2) is 0 Å². The molecule has 0 aromatic carbocycles. The Kier molecular flexibility index (Phi) is 6.52. The quantitative estimate of drug-likeness (QED) is 0.456. The summed E-state index contributed by atoms with van der Waals surface area (Å²) in [5, 5.41) is 0. The van der Waals surface area contributed by atoms with Crippen LogP contribution in [0.1, 0.15) is 33.6 Å². The van der Waals surface area contributed by atoms with E-state index < -0.39 is 0 Å². The highest BCUT2D eigenvalue weighted by Gasteiger charge is 2.28. The van der Waals surface area contributed by atoms with Gasteiger partial charge in [-0.05, 0) is 25.7 Å². The van der Waals surface area contributed by atoms with Crippen LogP contribution in [0.5, 0.6) is 0 Å². The van der Waals surface area contributed by atoms with E-state index in [1.165, 1.54) is 12.8 Å². The van der Waals surface area contributed by atoms with Crippen LogP contribution in [0.3, 0.4) is 0 Å². The van der Waals surface area contributed by atoms with E-state index in [2.05, 4.69) is 18.7 Å². The number of ether oxygens (including phenoxy) is 2. The van der Waals surface area contributed by atoms with Gasteiger partial charge in [0.1, 0.15) is 6.61 Å². The zero-order valence-corrected chi connectivity index (χ0v) is 11.3. The molecular formula is C13H25NO3. The first kappa shape index (κ1) is 14.5. The highest BCUT2D eigenvalue weighted by Crippen LogP contribution is 2.27. The Morgan fingerprint density at radius 3 is 2.65 bits per heavy atom. The molecule has 0 N–H and O–H groups in total. The SMILES string of the molecule is CCOC(=O)COCCN(CC(C)C)C1CC1. The molecule has 0 atom stereocenters. The number of hydrogen-bond acceptors (Lipinski definition) is 4. The van der Waals surface area contributed by atoms with Gasteiger partial charge < -0.3 is 9.47 Å². The summed E-state index contributed by atoms with van der Waals surface area (Å²) >= 11 is 0. The summed E-state index contributed by atoms with van der Waals surface area (Å²) in [6.07, 6.45) is 2.62. The van der Waals surface area contributed by atoms with Crippen LogP contribution < -0.4 is 0 Å². The van der Waals surface area contributed by atoms with Gasteiger partial charge in [0, 0.05) is 19.1 Å². The molecule has 1 aliphatic rings. The van der Waals surface area contributed by atoms with E-state index in [0.717, 1.165) is 19.1 Å². The summed E-state index contributed by atoms with van der Waals surface area (Å²) in [5.41, 5.74) is 0. The van der Waals surface area contributed by atoms with Crippen LogP contribution in [-0.4, -0.2) is 49.8 Å². The monoisotopic (exact) mass is 243 g/mol. The second-order valence-corrected chi connectivity index (χ2v) is 4.98. The third-order valence-corrected chi connectivity index (χ3v) is 2.71. The topological polar surface area (TPSA) is 38.8 Å². The van der Waals surface area contributed by atoms with Crippen LogP contribution in [0.25, 0.3) is 0 Å². The van der Waals surface area contributed by atoms with Gasteiger partial charge >= 0.3 is 5.97 Å². The third kappa shape index (κ3) is 6.64. The lowest BCUT2D eigenvalue weighted by molar-refractivity contribution is -0.148. The molecule has 4 heteroatoms. The molecule has 0 unspecified atom stereocenters. The van der Waals surface area contributed by atoms with E-state index in [-0.39, 0.29) is 12.6 Å². The summed E-state index contributed by atoms with van der Waals surface area (Å²) < 4.78 is 10.1. The van der Waals surface area contributed by atoms with Crippen molar-refractivity contribution in [3.63, 3.8) is 0 Å². The molecule has 0 amide bonds. The standard InChI is InChI=1S/C13H25NO3/c1-4-17-13(15)10-16-8-7-14(9-11(2)3)12-5-6-12/h11-12H,4-10H2,1-3H3. The lowest BCUT2D eigenvalue weighted by Gasteiger charge is -2.23. The van der Waals surface area contributed by atoms with E-state index in [9.17, 15) is 4.79 Å².